The van der Waals surface area contributed by atoms with Crippen molar-refractivity contribution in [3.05, 3.63) is 59.1 Å². The maximum atomic E-state index is 13.5. The second kappa shape index (κ2) is 8.02. The Morgan fingerprint density at radius 3 is 2.52 bits per heavy atom. The number of hydrogen-bond acceptors (Lipinski definition) is 6. The molecule has 1 aromatic heterocycles. The molecule has 0 atom stereocenters. The molecule has 0 unspecified atom stereocenters. The van der Waals surface area contributed by atoms with Gasteiger partial charge in [-0.25, -0.2) is 13.2 Å². The number of morpholine rings is 1. The van der Waals surface area contributed by atoms with E-state index in [1.54, 1.807) is 25.2 Å². The summed E-state index contributed by atoms with van der Waals surface area (Å²) in [5.74, 6) is -0.526. The van der Waals surface area contributed by atoms with Gasteiger partial charge in [0.15, 0.2) is 5.58 Å². The Kier molecular flexibility index (Phi) is 5.44. The Morgan fingerprint density at radius 1 is 1.07 bits per heavy atom. The number of rotatable bonds is 6. The largest absolute Gasteiger partial charge is 0.419 e. The summed E-state index contributed by atoms with van der Waals surface area (Å²) in [6.45, 7) is 3.78. The van der Waals surface area contributed by atoms with Gasteiger partial charge in [0, 0.05) is 39.3 Å². The minimum atomic E-state index is -3.85. The van der Waals surface area contributed by atoms with Gasteiger partial charge >= 0.3 is 5.76 Å². The van der Waals surface area contributed by atoms with Crippen molar-refractivity contribution < 1.29 is 17.6 Å². The molecule has 1 saturated heterocycles. The summed E-state index contributed by atoms with van der Waals surface area (Å²) in [5, 5.41) is 0. The molecule has 2 aromatic carbocycles. The van der Waals surface area contributed by atoms with Crippen LogP contribution in [0, 0.1) is 0 Å². The lowest BCUT2D eigenvalue weighted by Gasteiger charge is -2.30. The predicted octanol–water partition coefficient (Wildman–Crippen LogP) is 1.66. The van der Waals surface area contributed by atoms with Crippen molar-refractivity contribution in [1.29, 1.82) is 0 Å². The lowest BCUT2D eigenvalue weighted by atomic mass is 10.3. The van der Waals surface area contributed by atoms with E-state index in [-0.39, 0.29) is 10.5 Å². The Balaban J connectivity index is 1.69. The van der Waals surface area contributed by atoms with E-state index in [9.17, 15) is 13.2 Å². The van der Waals surface area contributed by atoms with Crippen molar-refractivity contribution in [2.45, 2.75) is 4.90 Å². The van der Waals surface area contributed by atoms with Gasteiger partial charge in [-0.3, -0.25) is 13.8 Å². The first-order valence-electron chi connectivity index (χ1n) is 9.44. The lowest BCUT2D eigenvalue weighted by Crippen LogP contribution is -2.43. The number of sulfonamides is 1. The summed E-state index contributed by atoms with van der Waals surface area (Å²) < 4.78 is 40.3. The molecule has 1 aliphatic heterocycles. The van der Waals surface area contributed by atoms with Gasteiger partial charge in [-0.1, -0.05) is 18.2 Å². The third kappa shape index (κ3) is 3.93. The van der Waals surface area contributed by atoms with Gasteiger partial charge in [-0.2, -0.15) is 0 Å². The van der Waals surface area contributed by atoms with Crippen molar-refractivity contribution in [1.82, 2.24) is 9.47 Å². The normalized spacial score (nSPS) is 15.6. The topological polar surface area (TPSA) is 85.0 Å². The molecule has 29 heavy (non-hydrogen) atoms. The van der Waals surface area contributed by atoms with E-state index in [0.29, 0.717) is 37.5 Å². The molecule has 0 amide bonds. The zero-order valence-corrected chi connectivity index (χ0v) is 17.0. The van der Waals surface area contributed by atoms with Crippen LogP contribution < -0.4 is 10.1 Å². The van der Waals surface area contributed by atoms with E-state index in [2.05, 4.69) is 4.90 Å². The Morgan fingerprint density at radius 2 is 1.79 bits per heavy atom. The molecule has 1 aliphatic rings. The van der Waals surface area contributed by atoms with Crippen molar-refractivity contribution in [2.75, 3.05) is 43.7 Å². The Hall–Kier alpha value is -2.62. The fourth-order valence-electron chi connectivity index (χ4n) is 3.44. The molecule has 0 aliphatic carbocycles. The van der Waals surface area contributed by atoms with Gasteiger partial charge < -0.3 is 9.15 Å². The highest BCUT2D eigenvalue weighted by Crippen LogP contribution is 2.26. The highest BCUT2D eigenvalue weighted by molar-refractivity contribution is 7.92. The van der Waals surface area contributed by atoms with Crippen LogP contribution in [0.1, 0.15) is 0 Å². The summed E-state index contributed by atoms with van der Waals surface area (Å²) in [7, 11) is -2.26. The maximum Gasteiger partial charge on any atom is 0.419 e. The van der Waals surface area contributed by atoms with Gasteiger partial charge in [-0.15, -0.1) is 0 Å². The van der Waals surface area contributed by atoms with Crippen LogP contribution in [0.2, 0.25) is 0 Å². The van der Waals surface area contributed by atoms with Crippen molar-refractivity contribution in [3.63, 3.8) is 0 Å². The third-order valence-corrected chi connectivity index (χ3v) is 6.94. The molecule has 0 N–H and O–H groups in total. The number of ether oxygens (including phenoxy) is 1. The Labute approximate surface area is 168 Å². The van der Waals surface area contributed by atoms with Crippen LogP contribution in [0.4, 0.5) is 5.69 Å². The number of para-hydroxylation sites is 1. The molecule has 3 aromatic rings. The summed E-state index contributed by atoms with van der Waals surface area (Å²) in [6, 6.07) is 13.5. The SMILES string of the molecule is Cn1c(=O)oc2cc(S(=O)(=O)N(CCN3CCOCC3)c3ccccc3)ccc21. The fourth-order valence-corrected chi connectivity index (χ4v) is 4.91. The summed E-state index contributed by atoms with van der Waals surface area (Å²) >= 11 is 0. The van der Waals surface area contributed by atoms with Crippen LogP contribution in [0.5, 0.6) is 0 Å². The summed E-state index contributed by atoms with van der Waals surface area (Å²) in [4.78, 5) is 14.0. The first-order chi connectivity index (χ1) is 14.0. The number of aryl methyl sites for hydroxylation is 1. The van der Waals surface area contributed by atoms with E-state index >= 15 is 0 Å². The van der Waals surface area contributed by atoms with Crippen LogP contribution >= 0.6 is 0 Å². The number of aromatic nitrogens is 1. The van der Waals surface area contributed by atoms with Crippen LogP contribution in [0.3, 0.4) is 0 Å². The maximum absolute atomic E-state index is 13.5. The van der Waals surface area contributed by atoms with Gasteiger partial charge in [0.2, 0.25) is 0 Å². The third-order valence-electron chi connectivity index (χ3n) is 5.12. The zero-order chi connectivity index (χ0) is 20.4. The molecule has 4 rings (SSSR count). The van der Waals surface area contributed by atoms with Crippen LogP contribution in [-0.2, 0) is 21.8 Å². The standard InChI is InChI=1S/C20H23N3O5S/c1-21-18-8-7-17(15-19(18)28-20(21)24)29(25,26)23(16-5-3-2-4-6-16)10-9-22-11-13-27-14-12-22/h2-8,15H,9-14H2,1H3. The number of hydrogen-bond donors (Lipinski definition) is 0. The van der Waals surface area contributed by atoms with Crippen molar-refractivity contribution in [2.24, 2.45) is 7.05 Å². The summed E-state index contributed by atoms with van der Waals surface area (Å²) in [5.41, 5.74) is 1.39. The van der Waals surface area contributed by atoms with E-state index in [1.807, 2.05) is 18.2 Å². The van der Waals surface area contributed by atoms with E-state index in [0.717, 1.165) is 13.1 Å². The molecule has 0 saturated carbocycles. The molecular formula is C20H23N3O5S. The zero-order valence-electron chi connectivity index (χ0n) is 16.2. The molecular weight excluding hydrogens is 394 g/mol. The molecule has 0 bridgehead atoms. The number of nitrogens with zero attached hydrogens (tertiary/aromatic N) is 3. The molecule has 0 spiro atoms. The molecule has 0 radical (unpaired) electrons. The average Bonchev–Trinajstić information content (AvgIpc) is 3.03. The van der Waals surface area contributed by atoms with Crippen LogP contribution in [-0.4, -0.2) is 57.3 Å². The van der Waals surface area contributed by atoms with Gasteiger partial charge in [0.25, 0.3) is 10.0 Å². The minimum absolute atomic E-state index is 0.0881. The fraction of sp³-hybridized carbons (Fsp3) is 0.350. The Bertz CT molecular complexity index is 1150. The van der Waals surface area contributed by atoms with Crippen molar-refractivity contribution >= 4 is 26.8 Å². The molecule has 154 valence electrons. The highest BCUT2D eigenvalue weighted by atomic mass is 32.2. The van der Waals surface area contributed by atoms with Gasteiger partial charge in [0.1, 0.15) is 0 Å². The van der Waals surface area contributed by atoms with Gasteiger partial charge in [0.05, 0.1) is 29.3 Å². The lowest BCUT2D eigenvalue weighted by molar-refractivity contribution is 0.0395. The van der Waals surface area contributed by atoms with Crippen LogP contribution in [0.25, 0.3) is 11.1 Å². The smallest absolute Gasteiger partial charge is 0.408 e. The van der Waals surface area contributed by atoms with Gasteiger partial charge in [-0.05, 0) is 24.3 Å². The molecule has 8 nitrogen and oxygen atoms in total. The quantitative estimate of drug-likeness (QED) is 0.607. The van der Waals surface area contributed by atoms with Crippen molar-refractivity contribution in [3.8, 4) is 0 Å². The predicted molar refractivity (Wildman–Crippen MR) is 110 cm³/mol. The monoisotopic (exact) mass is 417 g/mol. The van der Waals surface area contributed by atoms with E-state index in [4.69, 9.17) is 9.15 Å². The average molecular weight is 417 g/mol. The molecule has 9 heteroatoms. The molecule has 1 fully saturated rings. The second-order valence-electron chi connectivity index (χ2n) is 6.92. The highest BCUT2D eigenvalue weighted by Gasteiger charge is 2.27. The molecule has 2 heterocycles. The number of oxazole rings is 1. The summed E-state index contributed by atoms with van der Waals surface area (Å²) in [6.07, 6.45) is 0. The van der Waals surface area contributed by atoms with E-state index in [1.165, 1.54) is 21.0 Å². The minimum Gasteiger partial charge on any atom is -0.408 e. The van der Waals surface area contributed by atoms with Crippen LogP contribution in [0.15, 0.2) is 62.6 Å². The number of fused-ring (bicyclic) bond motifs is 1. The number of anilines is 1. The first-order valence-corrected chi connectivity index (χ1v) is 10.9. The van der Waals surface area contributed by atoms with E-state index < -0.39 is 15.8 Å². The second-order valence-corrected chi connectivity index (χ2v) is 8.79. The first kappa shape index (κ1) is 19.7. The number of benzene rings is 2.